The number of hydrogen-bond donors (Lipinski definition) is 3. The molecule has 0 aromatic rings. The highest BCUT2D eigenvalue weighted by Gasteiger charge is 2.20. The summed E-state index contributed by atoms with van der Waals surface area (Å²) >= 11 is 0. The minimum absolute atomic E-state index is 0.00366. The quantitative estimate of drug-likeness (QED) is 0.0320. The number of rotatable bonds is 60. The Bertz CT molecular complexity index is 1110. The van der Waals surface area contributed by atoms with Gasteiger partial charge in [-0.3, -0.25) is 9.59 Å². The lowest BCUT2D eigenvalue weighted by molar-refractivity contribution is -0.143. The number of carbonyl (C=O) groups excluding carboxylic acids is 2. The van der Waals surface area contributed by atoms with E-state index >= 15 is 0 Å². The monoisotopic (exact) mass is 1000 g/mol. The summed E-state index contributed by atoms with van der Waals surface area (Å²) in [5, 5.41) is 23.3. The van der Waals surface area contributed by atoms with E-state index in [4.69, 9.17) is 4.74 Å². The third-order valence-corrected chi connectivity index (χ3v) is 15.0. The Balaban J connectivity index is 3.33. The first-order chi connectivity index (χ1) is 35.0. The summed E-state index contributed by atoms with van der Waals surface area (Å²) in [5.41, 5.74) is 0. The molecule has 420 valence electrons. The van der Waals surface area contributed by atoms with Crippen molar-refractivity contribution >= 4 is 11.9 Å². The first-order valence-electron chi connectivity index (χ1n) is 32.1. The van der Waals surface area contributed by atoms with Crippen LogP contribution < -0.4 is 5.32 Å². The Kier molecular flexibility index (Phi) is 59.5. The Morgan fingerprint density at radius 3 is 1.13 bits per heavy atom. The molecule has 0 fully saturated rings. The van der Waals surface area contributed by atoms with Crippen molar-refractivity contribution < 1.29 is 24.5 Å². The highest BCUT2D eigenvalue weighted by atomic mass is 16.5. The van der Waals surface area contributed by atoms with E-state index in [-0.39, 0.29) is 18.5 Å². The molecule has 0 aliphatic heterocycles. The number of aliphatic hydroxyl groups excluding tert-OH is 2. The average molecular weight is 1000 g/mol. The van der Waals surface area contributed by atoms with Crippen molar-refractivity contribution in [3.63, 3.8) is 0 Å². The van der Waals surface area contributed by atoms with Gasteiger partial charge in [0.1, 0.15) is 0 Å². The summed E-state index contributed by atoms with van der Waals surface area (Å²) in [6, 6.07) is -0.538. The van der Waals surface area contributed by atoms with E-state index in [1.807, 2.05) is 0 Å². The van der Waals surface area contributed by atoms with Crippen LogP contribution in [0, 0.1) is 0 Å². The van der Waals surface area contributed by atoms with Crippen molar-refractivity contribution in [1.82, 2.24) is 5.32 Å². The summed E-state index contributed by atoms with van der Waals surface area (Å²) in [7, 11) is 0. The Labute approximate surface area is 443 Å². The Morgan fingerprint density at radius 1 is 0.394 bits per heavy atom. The van der Waals surface area contributed by atoms with Gasteiger partial charge in [-0.2, -0.15) is 0 Å². The summed E-state index contributed by atoms with van der Waals surface area (Å²) in [6.45, 7) is 4.90. The number of nitrogens with one attached hydrogen (secondary N) is 1. The number of carbonyl (C=O) groups is 2. The molecule has 1 amide bonds. The zero-order valence-electron chi connectivity index (χ0n) is 48.0. The van der Waals surface area contributed by atoms with Gasteiger partial charge in [0.2, 0.25) is 5.91 Å². The van der Waals surface area contributed by atoms with Crippen LogP contribution >= 0.6 is 0 Å². The van der Waals surface area contributed by atoms with Gasteiger partial charge in [0, 0.05) is 12.8 Å². The fraction of sp³-hybridized carbons (Fsp3) is 0.908. The molecule has 0 saturated carbocycles. The molecule has 0 saturated heterocycles. The van der Waals surface area contributed by atoms with Crippen LogP contribution in [0.2, 0.25) is 0 Å². The van der Waals surface area contributed by atoms with Crippen LogP contribution in [0.3, 0.4) is 0 Å². The van der Waals surface area contributed by atoms with Gasteiger partial charge in [-0.05, 0) is 51.4 Å². The lowest BCUT2D eigenvalue weighted by atomic mass is 10.0. The first kappa shape index (κ1) is 69.3. The van der Waals surface area contributed by atoms with E-state index in [0.29, 0.717) is 25.9 Å². The molecule has 0 aromatic heterocycles. The maximum atomic E-state index is 12.5. The minimum atomic E-state index is -0.661. The molecule has 3 N–H and O–H groups in total. The molecular formula is C65H125NO5. The van der Waals surface area contributed by atoms with Crippen LogP contribution in [0.4, 0.5) is 0 Å². The molecule has 0 aliphatic carbocycles. The molecule has 0 aliphatic rings. The molecule has 0 spiro atoms. The third-order valence-electron chi connectivity index (χ3n) is 15.0. The molecule has 71 heavy (non-hydrogen) atoms. The smallest absolute Gasteiger partial charge is 0.305 e. The number of ether oxygens (including phenoxy) is 1. The van der Waals surface area contributed by atoms with E-state index in [1.165, 1.54) is 270 Å². The van der Waals surface area contributed by atoms with Crippen LogP contribution in [0.5, 0.6) is 0 Å². The van der Waals surface area contributed by atoms with E-state index in [9.17, 15) is 19.8 Å². The molecule has 0 aromatic carbocycles. The van der Waals surface area contributed by atoms with Crippen molar-refractivity contribution in [2.45, 2.75) is 366 Å². The second-order valence-corrected chi connectivity index (χ2v) is 22.1. The maximum Gasteiger partial charge on any atom is 0.305 e. The van der Waals surface area contributed by atoms with E-state index < -0.39 is 12.1 Å². The number of esters is 1. The molecule has 6 heteroatoms. The number of unbranched alkanes of at least 4 members (excludes halogenated alkanes) is 45. The molecular weight excluding hydrogens is 875 g/mol. The van der Waals surface area contributed by atoms with Crippen molar-refractivity contribution in [3.05, 3.63) is 24.3 Å². The topological polar surface area (TPSA) is 95.9 Å². The predicted molar refractivity (Wildman–Crippen MR) is 310 cm³/mol. The SMILES string of the molecule is CCC/C=C\C/C=C\CCCCCCCC(=O)OCCCCCCCCCCCCCCCCCCCCCCCCCCCCCCC(=O)NC(CO)C(O)CCCCCCCCCCCCCCC. The fourth-order valence-electron chi connectivity index (χ4n) is 10.1. The van der Waals surface area contributed by atoms with Crippen LogP contribution in [-0.2, 0) is 14.3 Å². The minimum Gasteiger partial charge on any atom is -0.466 e. The second-order valence-electron chi connectivity index (χ2n) is 22.1. The van der Waals surface area contributed by atoms with Gasteiger partial charge in [0.25, 0.3) is 0 Å². The summed E-state index contributed by atoms with van der Waals surface area (Å²) in [6.07, 6.45) is 74.9. The molecule has 0 rings (SSSR count). The number of hydrogen-bond acceptors (Lipinski definition) is 5. The van der Waals surface area contributed by atoms with Gasteiger partial charge in [0.05, 0.1) is 25.4 Å². The Hall–Kier alpha value is -1.66. The standard InChI is InChI=1S/C65H125NO5/c1-3-5-7-9-11-13-15-33-37-41-45-49-53-57-63(68)62(61-67)66-64(69)58-54-50-46-42-38-35-31-29-27-25-23-21-19-17-18-20-22-24-26-28-30-32-36-40-44-48-52-56-60-71-65(70)59-55-51-47-43-39-34-16-14-12-10-8-6-4-2/h8,10,14,16,62-63,67-68H,3-7,9,11-13,15,17-61H2,1-2H3,(H,66,69)/b10-8-,16-14-. The van der Waals surface area contributed by atoms with Gasteiger partial charge in [-0.1, -0.05) is 314 Å². The van der Waals surface area contributed by atoms with Crippen LogP contribution in [0.25, 0.3) is 0 Å². The fourth-order valence-corrected chi connectivity index (χ4v) is 10.1. The lowest BCUT2D eigenvalue weighted by Gasteiger charge is -2.22. The van der Waals surface area contributed by atoms with Crippen LogP contribution in [-0.4, -0.2) is 47.4 Å². The summed E-state index contributed by atoms with van der Waals surface area (Å²) < 4.78 is 5.47. The van der Waals surface area contributed by atoms with Crippen LogP contribution in [0.1, 0.15) is 354 Å². The predicted octanol–water partition coefficient (Wildman–Crippen LogP) is 20.2. The molecule has 6 nitrogen and oxygen atoms in total. The largest absolute Gasteiger partial charge is 0.466 e. The molecule has 0 radical (unpaired) electrons. The van der Waals surface area contributed by atoms with Crippen LogP contribution in [0.15, 0.2) is 24.3 Å². The zero-order valence-corrected chi connectivity index (χ0v) is 48.0. The maximum absolute atomic E-state index is 12.5. The lowest BCUT2D eigenvalue weighted by Crippen LogP contribution is -2.45. The number of aliphatic hydroxyl groups is 2. The molecule has 2 atom stereocenters. The number of allylic oxidation sites excluding steroid dienone is 4. The zero-order chi connectivity index (χ0) is 51.4. The number of amides is 1. The highest BCUT2D eigenvalue weighted by molar-refractivity contribution is 5.76. The first-order valence-corrected chi connectivity index (χ1v) is 32.1. The highest BCUT2D eigenvalue weighted by Crippen LogP contribution is 2.18. The van der Waals surface area contributed by atoms with Gasteiger partial charge in [-0.25, -0.2) is 0 Å². The summed E-state index contributed by atoms with van der Waals surface area (Å²) in [4.78, 5) is 24.5. The van der Waals surface area contributed by atoms with E-state index in [0.717, 1.165) is 51.4 Å². The molecule has 0 bridgehead atoms. The normalized spacial score (nSPS) is 12.7. The van der Waals surface area contributed by atoms with Gasteiger partial charge in [-0.15, -0.1) is 0 Å². The van der Waals surface area contributed by atoms with E-state index in [2.05, 4.69) is 43.5 Å². The van der Waals surface area contributed by atoms with E-state index in [1.54, 1.807) is 0 Å². The summed E-state index contributed by atoms with van der Waals surface area (Å²) in [5.74, 6) is -0.0267. The van der Waals surface area contributed by atoms with Gasteiger partial charge in [0.15, 0.2) is 0 Å². The molecule has 0 heterocycles. The van der Waals surface area contributed by atoms with Gasteiger partial charge >= 0.3 is 5.97 Å². The average Bonchev–Trinajstić information content (AvgIpc) is 3.37. The third kappa shape index (κ3) is 57.5. The van der Waals surface area contributed by atoms with Crippen molar-refractivity contribution in [3.8, 4) is 0 Å². The second kappa shape index (κ2) is 60.9. The van der Waals surface area contributed by atoms with Gasteiger partial charge < -0.3 is 20.3 Å². The Morgan fingerprint density at radius 2 is 0.732 bits per heavy atom. The van der Waals surface area contributed by atoms with Crippen molar-refractivity contribution in [1.29, 1.82) is 0 Å². The van der Waals surface area contributed by atoms with Crippen molar-refractivity contribution in [2.24, 2.45) is 0 Å². The van der Waals surface area contributed by atoms with Crippen molar-refractivity contribution in [2.75, 3.05) is 13.2 Å². The molecule has 2 unspecified atom stereocenters.